The van der Waals surface area contributed by atoms with Gasteiger partial charge in [0.15, 0.2) is 0 Å². The van der Waals surface area contributed by atoms with Crippen molar-refractivity contribution in [1.29, 1.82) is 0 Å². The lowest BCUT2D eigenvalue weighted by molar-refractivity contribution is 0.631. The minimum atomic E-state index is -0.535. The zero-order valence-corrected chi connectivity index (χ0v) is 5.96. The molecule has 0 saturated heterocycles. The Labute approximate surface area is 55.2 Å². The van der Waals surface area contributed by atoms with Gasteiger partial charge in [0.05, 0.1) is 0 Å². The maximum Gasteiger partial charge on any atom is 0.248 e. The quantitative estimate of drug-likeness (QED) is 0.435. The molecule has 0 aromatic heterocycles. The summed E-state index contributed by atoms with van der Waals surface area (Å²) in [5.74, 6) is 0. The van der Waals surface area contributed by atoms with E-state index in [1.54, 1.807) is 0 Å². The first-order chi connectivity index (χ1) is 3.77. The summed E-state index contributed by atoms with van der Waals surface area (Å²) >= 11 is 3.22. The fourth-order valence-electron chi connectivity index (χ4n) is 0.338. The van der Waals surface area contributed by atoms with E-state index >= 15 is 0 Å². The summed E-state index contributed by atoms with van der Waals surface area (Å²) < 4.78 is -0.535. The van der Waals surface area contributed by atoms with Crippen LogP contribution in [0.25, 0.3) is 0 Å². The summed E-state index contributed by atoms with van der Waals surface area (Å²) in [6.45, 7) is 1.96. The molecule has 0 spiro atoms. The summed E-state index contributed by atoms with van der Waals surface area (Å²) in [5.41, 5.74) is 0. The van der Waals surface area contributed by atoms with Crippen molar-refractivity contribution in [3.05, 3.63) is 0 Å². The molecule has 0 N–H and O–H groups in total. The third kappa shape index (κ3) is 0.912. The summed E-state index contributed by atoms with van der Waals surface area (Å²) in [4.78, 5) is 0. The molecule has 0 amide bonds. The van der Waals surface area contributed by atoms with Crippen LogP contribution in [0.3, 0.4) is 0 Å². The molecule has 5 heteroatoms. The SMILES string of the molecule is CCC1(Br)N=NN=N1. The highest BCUT2D eigenvalue weighted by Gasteiger charge is 2.25. The maximum atomic E-state index is 3.69. The fraction of sp³-hybridized carbons (Fsp3) is 1.00. The van der Waals surface area contributed by atoms with E-state index in [9.17, 15) is 0 Å². The minimum absolute atomic E-state index is 0.535. The summed E-state index contributed by atoms with van der Waals surface area (Å²) in [6.07, 6.45) is 0.778. The molecule has 0 atom stereocenters. The highest BCUT2D eigenvalue weighted by atomic mass is 79.9. The van der Waals surface area contributed by atoms with Gasteiger partial charge in [-0.3, -0.25) is 0 Å². The molecule has 0 radical (unpaired) electrons. The average molecular weight is 177 g/mol. The van der Waals surface area contributed by atoms with Crippen molar-refractivity contribution in [3.8, 4) is 0 Å². The van der Waals surface area contributed by atoms with Crippen molar-refractivity contribution in [2.45, 2.75) is 17.9 Å². The van der Waals surface area contributed by atoms with Gasteiger partial charge in [-0.2, -0.15) is 0 Å². The Morgan fingerprint density at radius 2 is 1.88 bits per heavy atom. The molecule has 0 saturated carbocycles. The van der Waals surface area contributed by atoms with Crippen LogP contribution in [0.4, 0.5) is 0 Å². The van der Waals surface area contributed by atoms with Crippen molar-refractivity contribution >= 4 is 15.9 Å². The minimum Gasteiger partial charge on any atom is -0.123 e. The smallest absolute Gasteiger partial charge is 0.123 e. The zero-order chi connectivity index (χ0) is 6.04. The third-order valence-corrected chi connectivity index (χ3v) is 1.76. The van der Waals surface area contributed by atoms with Gasteiger partial charge < -0.3 is 0 Å². The Balaban J connectivity index is 2.69. The molecule has 1 aliphatic heterocycles. The van der Waals surface area contributed by atoms with Crippen LogP contribution in [0.15, 0.2) is 20.7 Å². The van der Waals surface area contributed by atoms with Crippen LogP contribution in [0, 0.1) is 0 Å². The molecule has 1 rings (SSSR count). The monoisotopic (exact) mass is 176 g/mol. The van der Waals surface area contributed by atoms with Gasteiger partial charge in [0.2, 0.25) is 4.57 Å². The molecule has 0 bridgehead atoms. The topological polar surface area (TPSA) is 49.4 Å². The van der Waals surface area contributed by atoms with Crippen LogP contribution in [0.2, 0.25) is 0 Å². The second-order valence-electron chi connectivity index (χ2n) is 1.45. The molecule has 0 aliphatic carbocycles. The molecule has 0 unspecified atom stereocenters. The van der Waals surface area contributed by atoms with Crippen molar-refractivity contribution in [2.75, 3.05) is 0 Å². The van der Waals surface area contributed by atoms with Crippen LogP contribution in [-0.4, -0.2) is 4.57 Å². The zero-order valence-electron chi connectivity index (χ0n) is 4.37. The van der Waals surface area contributed by atoms with Gasteiger partial charge in [0.25, 0.3) is 0 Å². The number of hydrogen-bond donors (Lipinski definition) is 0. The van der Waals surface area contributed by atoms with Gasteiger partial charge in [0.1, 0.15) is 0 Å². The highest BCUT2D eigenvalue weighted by molar-refractivity contribution is 9.10. The molecule has 1 heterocycles. The Kier molecular flexibility index (Phi) is 1.37. The largest absolute Gasteiger partial charge is 0.248 e. The lowest BCUT2D eigenvalue weighted by Crippen LogP contribution is -2.07. The standard InChI is InChI=1S/C3H5BrN4/c1-2-3(4)5-7-8-6-3/h2H2,1H3. The molecule has 4 nitrogen and oxygen atoms in total. The van der Waals surface area contributed by atoms with Crippen molar-refractivity contribution in [2.24, 2.45) is 20.7 Å². The normalized spacial score (nSPS) is 22.2. The maximum absolute atomic E-state index is 3.69. The van der Waals surface area contributed by atoms with Crippen LogP contribution in [-0.2, 0) is 0 Å². The highest BCUT2D eigenvalue weighted by Crippen LogP contribution is 2.29. The van der Waals surface area contributed by atoms with E-state index in [0.29, 0.717) is 0 Å². The number of rotatable bonds is 1. The van der Waals surface area contributed by atoms with E-state index in [1.165, 1.54) is 0 Å². The number of hydrogen-bond acceptors (Lipinski definition) is 4. The van der Waals surface area contributed by atoms with Gasteiger partial charge in [-0.15, -0.1) is 10.2 Å². The van der Waals surface area contributed by atoms with Crippen molar-refractivity contribution in [1.82, 2.24) is 0 Å². The Morgan fingerprint density at radius 1 is 1.38 bits per heavy atom. The van der Waals surface area contributed by atoms with E-state index in [4.69, 9.17) is 0 Å². The van der Waals surface area contributed by atoms with E-state index in [-0.39, 0.29) is 0 Å². The molecule has 44 valence electrons. The summed E-state index contributed by atoms with van der Waals surface area (Å²) in [6, 6.07) is 0. The molecule has 0 aromatic carbocycles. The van der Waals surface area contributed by atoms with Crippen LogP contribution < -0.4 is 0 Å². The van der Waals surface area contributed by atoms with Gasteiger partial charge >= 0.3 is 0 Å². The summed E-state index contributed by atoms with van der Waals surface area (Å²) in [5, 5.41) is 14.1. The van der Waals surface area contributed by atoms with Crippen LogP contribution in [0.5, 0.6) is 0 Å². The van der Waals surface area contributed by atoms with E-state index in [1.807, 2.05) is 6.92 Å². The van der Waals surface area contributed by atoms with Gasteiger partial charge in [-0.1, -0.05) is 6.92 Å². The second-order valence-corrected chi connectivity index (χ2v) is 2.72. The summed E-state index contributed by atoms with van der Waals surface area (Å²) in [7, 11) is 0. The molecular weight excluding hydrogens is 172 g/mol. The fourth-order valence-corrected chi connectivity index (χ4v) is 0.480. The van der Waals surface area contributed by atoms with Gasteiger partial charge in [-0.05, 0) is 26.4 Å². The molecule has 0 aromatic rings. The van der Waals surface area contributed by atoms with E-state index in [0.717, 1.165) is 6.42 Å². The number of nitrogens with zero attached hydrogens (tertiary/aromatic N) is 4. The number of halogens is 1. The second kappa shape index (κ2) is 1.89. The first kappa shape index (κ1) is 5.81. The van der Waals surface area contributed by atoms with Crippen LogP contribution >= 0.6 is 15.9 Å². The predicted molar refractivity (Wildman–Crippen MR) is 31.7 cm³/mol. The molecule has 8 heavy (non-hydrogen) atoms. The van der Waals surface area contributed by atoms with Gasteiger partial charge in [-0.25, -0.2) is 0 Å². The first-order valence-electron chi connectivity index (χ1n) is 2.30. The van der Waals surface area contributed by atoms with E-state index < -0.39 is 4.57 Å². The lowest BCUT2D eigenvalue weighted by Gasteiger charge is -2.04. The Hall–Kier alpha value is -0.320. The predicted octanol–water partition coefficient (Wildman–Crippen LogP) is 2.28. The molecule has 0 fully saturated rings. The Morgan fingerprint density at radius 3 is 2.12 bits per heavy atom. The van der Waals surface area contributed by atoms with E-state index in [2.05, 4.69) is 36.6 Å². The number of alkyl halides is 1. The lowest BCUT2D eigenvalue weighted by atomic mass is 10.4. The van der Waals surface area contributed by atoms with Crippen LogP contribution in [0.1, 0.15) is 13.3 Å². The van der Waals surface area contributed by atoms with Gasteiger partial charge in [0, 0.05) is 6.42 Å². The third-order valence-electron chi connectivity index (χ3n) is 0.886. The molecule has 1 aliphatic rings. The average Bonchev–Trinajstić information content (AvgIpc) is 2.17. The Bertz CT molecular complexity index is 128. The molecular formula is C3H5BrN4. The first-order valence-corrected chi connectivity index (χ1v) is 3.09. The van der Waals surface area contributed by atoms with Crippen molar-refractivity contribution in [3.63, 3.8) is 0 Å². The van der Waals surface area contributed by atoms with Crippen molar-refractivity contribution < 1.29 is 0 Å².